The van der Waals surface area contributed by atoms with Crippen molar-refractivity contribution in [3.63, 3.8) is 0 Å². The van der Waals surface area contributed by atoms with E-state index in [2.05, 4.69) is 50.8 Å². The molecule has 1 aromatic carbocycles. The number of hydrogen-bond donors (Lipinski definition) is 1. The zero-order chi connectivity index (χ0) is 12.6. The molecular weight excluding hydrogens is 208 g/mol. The second-order valence-corrected chi connectivity index (χ2v) is 5.69. The van der Waals surface area contributed by atoms with Crippen LogP contribution in [0, 0.1) is 19.8 Å². The van der Waals surface area contributed by atoms with Gasteiger partial charge in [-0.3, -0.25) is 4.90 Å². The highest BCUT2D eigenvalue weighted by Gasteiger charge is 2.30. The van der Waals surface area contributed by atoms with Crippen molar-refractivity contribution in [2.24, 2.45) is 11.7 Å². The molecule has 94 valence electrons. The quantitative estimate of drug-likeness (QED) is 0.849. The average Bonchev–Trinajstić information content (AvgIpc) is 2.57. The minimum atomic E-state index is 0.336. The van der Waals surface area contributed by atoms with Gasteiger partial charge in [-0.25, -0.2) is 0 Å². The number of nitrogens with two attached hydrogens (primary N) is 1. The Morgan fingerprint density at radius 2 is 1.76 bits per heavy atom. The Kier molecular flexibility index (Phi) is 3.55. The minimum Gasteiger partial charge on any atom is -0.326 e. The first kappa shape index (κ1) is 12.6. The molecule has 3 unspecified atom stereocenters. The lowest BCUT2D eigenvalue weighted by atomic mass is 10.0. The van der Waals surface area contributed by atoms with Crippen LogP contribution in [0.25, 0.3) is 0 Å². The fourth-order valence-electron chi connectivity index (χ4n) is 2.81. The summed E-state index contributed by atoms with van der Waals surface area (Å²) in [5.41, 5.74) is 10.2. The predicted octanol–water partition coefficient (Wildman–Crippen LogP) is 2.64. The molecule has 1 fully saturated rings. The summed E-state index contributed by atoms with van der Waals surface area (Å²) in [6, 6.07) is 7.64. The highest BCUT2D eigenvalue weighted by molar-refractivity contribution is 5.30. The molecule has 1 aliphatic heterocycles. The first-order valence-electron chi connectivity index (χ1n) is 6.55. The van der Waals surface area contributed by atoms with Gasteiger partial charge in [-0.1, -0.05) is 36.2 Å². The number of aryl methyl sites for hydroxylation is 2. The minimum absolute atomic E-state index is 0.336. The maximum atomic E-state index is 6.10. The number of hydrogen-bond acceptors (Lipinski definition) is 2. The lowest BCUT2D eigenvalue weighted by Gasteiger charge is -2.25. The van der Waals surface area contributed by atoms with Gasteiger partial charge in [0.05, 0.1) is 0 Å². The third-order valence-electron chi connectivity index (χ3n) is 3.97. The van der Waals surface area contributed by atoms with Gasteiger partial charge in [-0.05, 0) is 32.3 Å². The maximum absolute atomic E-state index is 6.10. The highest BCUT2D eigenvalue weighted by Crippen LogP contribution is 2.27. The van der Waals surface area contributed by atoms with E-state index in [4.69, 9.17) is 5.73 Å². The zero-order valence-electron chi connectivity index (χ0n) is 11.4. The van der Waals surface area contributed by atoms with Crippen molar-refractivity contribution in [3.05, 3.63) is 34.9 Å². The molecule has 1 aromatic rings. The van der Waals surface area contributed by atoms with Gasteiger partial charge in [0, 0.05) is 25.2 Å². The van der Waals surface area contributed by atoms with Gasteiger partial charge >= 0.3 is 0 Å². The van der Waals surface area contributed by atoms with E-state index in [1.165, 1.54) is 16.7 Å². The molecule has 0 radical (unpaired) electrons. The van der Waals surface area contributed by atoms with Crippen molar-refractivity contribution in [2.75, 3.05) is 13.1 Å². The summed E-state index contributed by atoms with van der Waals surface area (Å²) < 4.78 is 0. The smallest absolute Gasteiger partial charge is 0.0320 e. The SMILES string of the molecule is Cc1cc(C)cc(C(C)N2CC(C)C(N)C2)c1. The van der Waals surface area contributed by atoms with Crippen molar-refractivity contribution in [1.82, 2.24) is 4.90 Å². The fraction of sp³-hybridized carbons (Fsp3) is 0.600. The predicted molar refractivity (Wildman–Crippen MR) is 73.0 cm³/mol. The highest BCUT2D eigenvalue weighted by atomic mass is 15.2. The molecule has 3 atom stereocenters. The summed E-state index contributed by atoms with van der Waals surface area (Å²) in [7, 11) is 0. The van der Waals surface area contributed by atoms with Crippen LogP contribution in [-0.2, 0) is 0 Å². The lowest BCUT2D eigenvalue weighted by Crippen LogP contribution is -2.29. The van der Waals surface area contributed by atoms with E-state index in [0.717, 1.165) is 13.1 Å². The molecule has 0 spiro atoms. The van der Waals surface area contributed by atoms with Crippen molar-refractivity contribution < 1.29 is 0 Å². The summed E-state index contributed by atoms with van der Waals surface area (Å²) in [5.74, 6) is 0.614. The van der Waals surface area contributed by atoms with Crippen molar-refractivity contribution >= 4 is 0 Å². The zero-order valence-corrected chi connectivity index (χ0v) is 11.4. The summed E-state index contributed by atoms with van der Waals surface area (Å²) in [6.07, 6.45) is 0. The lowest BCUT2D eigenvalue weighted by molar-refractivity contribution is 0.253. The van der Waals surface area contributed by atoms with Gasteiger partial charge < -0.3 is 5.73 Å². The van der Waals surface area contributed by atoms with Crippen molar-refractivity contribution in [3.8, 4) is 0 Å². The number of nitrogens with zero attached hydrogens (tertiary/aromatic N) is 1. The second-order valence-electron chi connectivity index (χ2n) is 5.69. The van der Waals surface area contributed by atoms with Crippen LogP contribution in [0.2, 0.25) is 0 Å². The topological polar surface area (TPSA) is 29.3 Å². The van der Waals surface area contributed by atoms with Crippen LogP contribution in [0.1, 0.15) is 36.6 Å². The van der Waals surface area contributed by atoms with E-state index in [1.807, 2.05) is 0 Å². The Hall–Kier alpha value is -0.860. The normalized spacial score (nSPS) is 27.4. The van der Waals surface area contributed by atoms with Gasteiger partial charge in [0.2, 0.25) is 0 Å². The van der Waals surface area contributed by atoms with E-state index < -0.39 is 0 Å². The summed E-state index contributed by atoms with van der Waals surface area (Å²) in [5, 5.41) is 0. The third kappa shape index (κ3) is 2.70. The Labute approximate surface area is 105 Å². The van der Waals surface area contributed by atoms with Gasteiger partial charge in [0.15, 0.2) is 0 Å². The number of benzene rings is 1. The molecule has 2 rings (SSSR count). The molecule has 17 heavy (non-hydrogen) atoms. The van der Waals surface area contributed by atoms with Crippen LogP contribution in [0.4, 0.5) is 0 Å². The van der Waals surface area contributed by atoms with E-state index in [0.29, 0.717) is 18.0 Å². The Morgan fingerprint density at radius 3 is 2.24 bits per heavy atom. The Morgan fingerprint density at radius 1 is 1.18 bits per heavy atom. The molecule has 0 aromatic heterocycles. The van der Waals surface area contributed by atoms with Crippen molar-refractivity contribution in [2.45, 2.75) is 39.8 Å². The van der Waals surface area contributed by atoms with Crippen LogP contribution >= 0.6 is 0 Å². The maximum Gasteiger partial charge on any atom is 0.0320 e. The Balaban J connectivity index is 2.17. The van der Waals surface area contributed by atoms with Crippen LogP contribution in [0.15, 0.2) is 18.2 Å². The first-order chi connectivity index (χ1) is 7.97. The van der Waals surface area contributed by atoms with Crippen LogP contribution in [0.3, 0.4) is 0 Å². The molecule has 0 aliphatic carbocycles. The molecular formula is C15H24N2. The largest absolute Gasteiger partial charge is 0.326 e. The summed E-state index contributed by atoms with van der Waals surface area (Å²) >= 11 is 0. The number of likely N-dealkylation sites (tertiary alicyclic amines) is 1. The van der Waals surface area contributed by atoms with Crippen molar-refractivity contribution in [1.29, 1.82) is 0 Å². The molecule has 0 bridgehead atoms. The van der Waals surface area contributed by atoms with Crippen LogP contribution in [0.5, 0.6) is 0 Å². The molecule has 2 N–H and O–H groups in total. The van der Waals surface area contributed by atoms with E-state index in [9.17, 15) is 0 Å². The molecule has 1 heterocycles. The van der Waals surface area contributed by atoms with Crippen LogP contribution < -0.4 is 5.73 Å². The van der Waals surface area contributed by atoms with Crippen LogP contribution in [-0.4, -0.2) is 24.0 Å². The standard InChI is InChI=1S/C15H24N2/c1-10-5-11(2)7-14(6-10)13(4)17-8-12(3)15(16)9-17/h5-7,12-13,15H,8-9,16H2,1-4H3. The van der Waals surface area contributed by atoms with Gasteiger partial charge in [0.25, 0.3) is 0 Å². The average molecular weight is 232 g/mol. The number of rotatable bonds is 2. The molecule has 0 amide bonds. The molecule has 0 saturated carbocycles. The monoisotopic (exact) mass is 232 g/mol. The van der Waals surface area contributed by atoms with E-state index in [1.54, 1.807) is 0 Å². The first-order valence-corrected chi connectivity index (χ1v) is 6.55. The Bertz CT molecular complexity index is 370. The van der Waals surface area contributed by atoms with E-state index in [-0.39, 0.29) is 0 Å². The van der Waals surface area contributed by atoms with Gasteiger partial charge in [-0.2, -0.15) is 0 Å². The fourth-order valence-corrected chi connectivity index (χ4v) is 2.81. The third-order valence-corrected chi connectivity index (χ3v) is 3.97. The molecule has 2 nitrogen and oxygen atoms in total. The molecule has 1 saturated heterocycles. The second kappa shape index (κ2) is 4.79. The van der Waals surface area contributed by atoms with E-state index >= 15 is 0 Å². The molecule has 1 aliphatic rings. The van der Waals surface area contributed by atoms with Gasteiger partial charge in [-0.15, -0.1) is 0 Å². The molecule has 2 heteroatoms. The van der Waals surface area contributed by atoms with Gasteiger partial charge in [0.1, 0.15) is 0 Å². The summed E-state index contributed by atoms with van der Waals surface area (Å²) in [6.45, 7) is 11.0. The summed E-state index contributed by atoms with van der Waals surface area (Å²) in [4.78, 5) is 2.50.